The average Bonchev–Trinajstić information content (AvgIpc) is 3.07. The summed E-state index contributed by atoms with van der Waals surface area (Å²) in [6.07, 6.45) is 2.48. The number of aromatic carboxylic acids is 1. The van der Waals surface area contributed by atoms with Gasteiger partial charge in [0.05, 0.1) is 5.56 Å². The number of fused-ring (bicyclic) bond motifs is 1. The zero-order chi connectivity index (χ0) is 19.0. The van der Waals surface area contributed by atoms with E-state index in [0.29, 0.717) is 6.42 Å². The molecule has 134 valence electrons. The van der Waals surface area contributed by atoms with Crippen molar-refractivity contribution in [1.82, 2.24) is 4.57 Å². The number of carboxylic acid groups (broad SMARTS) is 1. The molecule has 2 aromatic heterocycles. The molecule has 0 atom stereocenters. The van der Waals surface area contributed by atoms with Crippen molar-refractivity contribution in [3.8, 4) is 11.1 Å². The van der Waals surface area contributed by atoms with Crippen LogP contribution in [0.15, 0.2) is 71.7 Å². The maximum atomic E-state index is 11.8. The van der Waals surface area contributed by atoms with E-state index in [-0.39, 0.29) is 11.1 Å². The van der Waals surface area contributed by atoms with Crippen LogP contribution in [0.25, 0.3) is 21.2 Å². The van der Waals surface area contributed by atoms with Crippen molar-refractivity contribution in [3.63, 3.8) is 0 Å². The van der Waals surface area contributed by atoms with Gasteiger partial charge in [-0.05, 0) is 46.3 Å². The van der Waals surface area contributed by atoms with Crippen LogP contribution in [-0.2, 0) is 13.5 Å². The van der Waals surface area contributed by atoms with Crippen molar-refractivity contribution in [2.45, 2.75) is 6.42 Å². The van der Waals surface area contributed by atoms with Crippen molar-refractivity contribution in [2.75, 3.05) is 0 Å². The lowest BCUT2D eigenvalue weighted by Gasteiger charge is -2.04. The summed E-state index contributed by atoms with van der Waals surface area (Å²) in [5.74, 6) is -0.929. The monoisotopic (exact) mass is 375 g/mol. The summed E-state index contributed by atoms with van der Waals surface area (Å²) in [6, 6.07) is 18.8. The van der Waals surface area contributed by atoms with Gasteiger partial charge in [-0.15, -0.1) is 11.3 Å². The number of rotatable bonds is 4. The van der Waals surface area contributed by atoms with Gasteiger partial charge in [-0.25, -0.2) is 4.79 Å². The summed E-state index contributed by atoms with van der Waals surface area (Å²) in [5, 5.41) is 10.4. The van der Waals surface area contributed by atoms with E-state index < -0.39 is 5.97 Å². The normalized spacial score (nSPS) is 11.0. The number of carbonyl (C=O) groups is 1. The van der Waals surface area contributed by atoms with E-state index in [1.807, 2.05) is 24.3 Å². The molecule has 0 fully saturated rings. The summed E-state index contributed by atoms with van der Waals surface area (Å²) in [5.41, 5.74) is 3.17. The fraction of sp³-hybridized carbons (Fsp3) is 0.0909. The number of thiophene rings is 1. The molecule has 1 N–H and O–H groups in total. The molecule has 27 heavy (non-hydrogen) atoms. The Hall–Kier alpha value is -3.18. The Morgan fingerprint density at radius 3 is 2.67 bits per heavy atom. The van der Waals surface area contributed by atoms with E-state index in [4.69, 9.17) is 0 Å². The molecule has 0 aliphatic carbocycles. The van der Waals surface area contributed by atoms with E-state index in [0.717, 1.165) is 26.8 Å². The Morgan fingerprint density at radius 1 is 1.07 bits per heavy atom. The summed E-state index contributed by atoms with van der Waals surface area (Å²) < 4.78 is 2.68. The molecular weight excluding hydrogens is 358 g/mol. The Morgan fingerprint density at radius 2 is 1.89 bits per heavy atom. The smallest absolute Gasteiger partial charge is 0.335 e. The molecule has 4 aromatic rings. The van der Waals surface area contributed by atoms with Gasteiger partial charge in [0, 0.05) is 35.3 Å². The van der Waals surface area contributed by atoms with Gasteiger partial charge in [-0.3, -0.25) is 4.79 Å². The first-order valence-corrected chi connectivity index (χ1v) is 9.33. The lowest BCUT2D eigenvalue weighted by Crippen LogP contribution is -2.15. The van der Waals surface area contributed by atoms with Gasteiger partial charge in [0.1, 0.15) is 0 Å². The first-order valence-electron chi connectivity index (χ1n) is 8.52. The summed E-state index contributed by atoms with van der Waals surface area (Å²) in [4.78, 5) is 24.3. The SMILES string of the molecule is Cn1ccc(Cc2cc3cccc(-c4cccc(C(=O)O)c4)c3s2)cc1=O. The van der Waals surface area contributed by atoms with E-state index in [9.17, 15) is 14.7 Å². The lowest BCUT2D eigenvalue weighted by atomic mass is 10.0. The molecule has 0 unspecified atom stereocenters. The van der Waals surface area contributed by atoms with Crippen molar-refractivity contribution in [3.05, 3.63) is 93.2 Å². The molecule has 0 saturated carbocycles. The molecule has 4 nitrogen and oxygen atoms in total. The molecule has 0 aliphatic heterocycles. The van der Waals surface area contributed by atoms with E-state index in [1.165, 1.54) is 4.88 Å². The minimum atomic E-state index is -0.929. The highest BCUT2D eigenvalue weighted by molar-refractivity contribution is 7.19. The van der Waals surface area contributed by atoms with Crippen LogP contribution in [0.1, 0.15) is 20.8 Å². The molecule has 5 heteroatoms. The van der Waals surface area contributed by atoms with Gasteiger partial charge in [-0.2, -0.15) is 0 Å². The Balaban J connectivity index is 1.76. The number of aryl methyl sites for hydroxylation is 1. The third kappa shape index (κ3) is 3.41. The molecule has 0 amide bonds. The summed E-state index contributed by atoms with van der Waals surface area (Å²) in [6.45, 7) is 0. The number of benzene rings is 2. The quantitative estimate of drug-likeness (QED) is 0.569. The highest BCUT2D eigenvalue weighted by Crippen LogP contribution is 2.36. The van der Waals surface area contributed by atoms with E-state index >= 15 is 0 Å². The molecule has 0 aliphatic rings. The number of hydrogen-bond donors (Lipinski definition) is 1. The first kappa shape index (κ1) is 17.2. The second-order valence-electron chi connectivity index (χ2n) is 6.48. The molecule has 0 saturated heterocycles. The number of carboxylic acids is 1. The molecule has 0 spiro atoms. The fourth-order valence-electron chi connectivity index (χ4n) is 3.15. The second kappa shape index (κ2) is 6.85. The van der Waals surface area contributed by atoms with Gasteiger partial charge in [-0.1, -0.05) is 30.3 Å². The molecule has 2 aromatic carbocycles. The summed E-state index contributed by atoms with van der Waals surface area (Å²) >= 11 is 1.68. The highest BCUT2D eigenvalue weighted by Gasteiger charge is 2.11. The van der Waals surface area contributed by atoms with Crippen LogP contribution < -0.4 is 5.56 Å². The zero-order valence-electron chi connectivity index (χ0n) is 14.7. The third-order valence-corrected chi connectivity index (χ3v) is 5.75. The zero-order valence-corrected chi connectivity index (χ0v) is 15.5. The molecular formula is C22H17NO3S. The second-order valence-corrected chi connectivity index (χ2v) is 7.62. The van der Waals surface area contributed by atoms with Crippen LogP contribution in [-0.4, -0.2) is 15.6 Å². The van der Waals surface area contributed by atoms with Gasteiger partial charge in [0.2, 0.25) is 0 Å². The standard InChI is InChI=1S/C22H17NO3S/c1-23-9-8-14(11-20(23)24)10-18-13-16-5-3-7-19(21(16)27-18)15-4-2-6-17(12-15)22(25)26/h2-9,11-13H,10H2,1H3,(H,25,26). The van der Waals surface area contributed by atoms with Crippen LogP contribution in [0.4, 0.5) is 0 Å². The molecule has 4 rings (SSSR count). The van der Waals surface area contributed by atoms with Crippen molar-refractivity contribution < 1.29 is 9.90 Å². The predicted octanol–water partition coefficient (Wildman–Crippen LogP) is 4.56. The largest absolute Gasteiger partial charge is 0.478 e. The van der Waals surface area contributed by atoms with Gasteiger partial charge in [0.15, 0.2) is 0 Å². The van der Waals surface area contributed by atoms with Crippen LogP contribution in [0.2, 0.25) is 0 Å². The van der Waals surface area contributed by atoms with Crippen molar-refractivity contribution in [2.24, 2.45) is 7.05 Å². The van der Waals surface area contributed by atoms with Gasteiger partial charge >= 0.3 is 5.97 Å². The molecule has 0 radical (unpaired) electrons. The average molecular weight is 375 g/mol. The fourth-order valence-corrected chi connectivity index (χ4v) is 4.38. The first-order chi connectivity index (χ1) is 13.0. The highest BCUT2D eigenvalue weighted by atomic mass is 32.1. The molecule has 0 bridgehead atoms. The van der Waals surface area contributed by atoms with Gasteiger partial charge in [0.25, 0.3) is 5.56 Å². The van der Waals surface area contributed by atoms with E-state index in [2.05, 4.69) is 12.1 Å². The minimum absolute atomic E-state index is 0.0141. The number of nitrogens with zero attached hydrogens (tertiary/aromatic N) is 1. The Bertz CT molecular complexity index is 1220. The number of pyridine rings is 1. The maximum Gasteiger partial charge on any atom is 0.335 e. The minimum Gasteiger partial charge on any atom is -0.478 e. The summed E-state index contributed by atoms with van der Waals surface area (Å²) in [7, 11) is 1.74. The topological polar surface area (TPSA) is 59.3 Å². The number of hydrogen-bond acceptors (Lipinski definition) is 3. The van der Waals surface area contributed by atoms with Crippen molar-refractivity contribution >= 4 is 27.4 Å². The van der Waals surface area contributed by atoms with Gasteiger partial charge < -0.3 is 9.67 Å². The predicted molar refractivity (Wildman–Crippen MR) is 109 cm³/mol. The maximum absolute atomic E-state index is 11.8. The van der Waals surface area contributed by atoms with Crippen molar-refractivity contribution in [1.29, 1.82) is 0 Å². The Labute approximate surface area is 160 Å². The van der Waals surface area contributed by atoms with Crippen LogP contribution in [0.5, 0.6) is 0 Å². The van der Waals surface area contributed by atoms with Crippen LogP contribution in [0.3, 0.4) is 0 Å². The van der Waals surface area contributed by atoms with E-state index in [1.54, 1.807) is 53.4 Å². The third-order valence-electron chi connectivity index (χ3n) is 4.56. The lowest BCUT2D eigenvalue weighted by molar-refractivity contribution is 0.0697. The van der Waals surface area contributed by atoms with Crippen LogP contribution >= 0.6 is 11.3 Å². The van der Waals surface area contributed by atoms with Crippen LogP contribution in [0, 0.1) is 0 Å². The molecule has 2 heterocycles. The number of aromatic nitrogens is 1. The Kier molecular flexibility index (Phi) is 4.38.